The van der Waals surface area contributed by atoms with Gasteiger partial charge in [0, 0.05) is 41.0 Å². The zero-order valence-electron chi connectivity index (χ0n) is 24.7. The van der Waals surface area contributed by atoms with Crippen molar-refractivity contribution in [3.05, 3.63) is 60.5 Å². The van der Waals surface area contributed by atoms with E-state index in [9.17, 15) is 5.11 Å². The van der Waals surface area contributed by atoms with Gasteiger partial charge in [0.2, 0.25) is 0 Å². The molecule has 2 N–H and O–H groups in total. The van der Waals surface area contributed by atoms with Gasteiger partial charge in [0.05, 0.1) is 29.0 Å². The number of ether oxygens (including phenoxy) is 1. The van der Waals surface area contributed by atoms with Crippen molar-refractivity contribution in [3.8, 4) is 0 Å². The molecule has 4 saturated heterocycles. The van der Waals surface area contributed by atoms with E-state index in [1.54, 1.807) is 0 Å². The Morgan fingerprint density at radius 1 is 0.929 bits per heavy atom. The first kappa shape index (κ1) is 25.9. The van der Waals surface area contributed by atoms with Gasteiger partial charge in [-0.1, -0.05) is 30.4 Å². The van der Waals surface area contributed by atoms with Crippen molar-refractivity contribution in [3.63, 3.8) is 0 Å². The average molecular weight is 565 g/mol. The molecule has 1 aliphatic carbocycles. The highest BCUT2D eigenvalue weighted by Crippen LogP contribution is 2.66. The summed E-state index contributed by atoms with van der Waals surface area (Å²) < 4.78 is 7.08. The Morgan fingerprint density at radius 3 is 2.83 bits per heavy atom. The lowest BCUT2D eigenvalue weighted by atomic mass is 9.54. The summed E-state index contributed by atoms with van der Waals surface area (Å²) in [5.74, 6) is 0.341. The number of piperidine rings is 1. The van der Waals surface area contributed by atoms with Gasteiger partial charge in [0.25, 0.3) is 0 Å². The predicted molar refractivity (Wildman–Crippen MR) is 167 cm³/mol. The molecule has 6 aliphatic rings. The van der Waals surface area contributed by atoms with Gasteiger partial charge in [0.1, 0.15) is 5.72 Å². The maximum Gasteiger partial charge on any atom is 0.123 e. The van der Waals surface area contributed by atoms with Gasteiger partial charge in [-0.2, -0.15) is 0 Å². The number of aromatic amines is 1. The minimum absolute atomic E-state index is 0.0643. The van der Waals surface area contributed by atoms with E-state index in [-0.39, 0.29) is 17.2 Å². The van der Waals surface area contributed by atoms with Crippen molar-refractivity contribution in [2.24, 2.45) is 11.3 Å². The van der Waals surface area contributed by atoms with Crippen LogP contribution in [-0.2, 0) is 4.74 Å². The molecule has 1 aromatic carbocycles. The Balaban J connectivity index is 1.27. The molecule has 0 amide bonds. The Hall–Kier alpha value is -2.51. The van der Waals surface area contributed by atoms with Crippen molar-refractivity contribution >= 4 is 27.4 Å². The zero-order chi connectivity index (χ0) is 27.9. The second-order valence-corrected chi connectivity index (χ2v) is 14.3. The molecule has 0 radical (unpaired) electrons. The number of nitrogens with zero attached hydrogens (tertiary/aromatic N) is 3. The molecule has 5 aliphatic heterocycles. The summed E-state index contributed by atoms with van der Waals surface area (Å²) in [6, 6.07) is 10.8. The van der Waals surface area contributed by atoms with E-state index in [1.807, 2.05) is 6.20 Å². The highest BCUT2D eigenvalue weighted by Gasteiger charge is 2.71. The second kappa shape index (κ2) is 9.49. The van der Waals surface area contributed by atoms with Crippen LogP contribution in [0.3, 0.4) is 0 Å². The number of nitrogens with one attached hydrogen (secondary N) is 1. The van der Waals surface area contributed by atoms with Crippen molar-refractivity contribution < 1.29 is 9.84 Å². The summed E-state index contributed by atoms with van der Waals surface area (Å²) in [4.78, 5) is 14.3. The summed E-state index contributed by atoms with van der Waals surface area (Å²) in [5, 5.41) is 15.7. The molecule has 2 spiro atoms. The van der Waals surface area contributed by atoms with Crippen LogP contribution in [0.5, 0.6) is 0 Å². The van der Waals surface area contributed by atoms with Crippen LogP contribution in [0, 0.1) is 11.3 Å². The van der Waals surface area contributed by atoms with Crippen LogP contribution in [0.1, 0.15) is 76.3 Å². The maximum absolute atomic E-state index is 13.2. The number of fused-ring (bicyclic) bond motifs is 5. The van der Waals surface area contributed by atoms with Gasteiger partial charge in [-0.05, 0) is 113 Å². The predicted octanol–water partition coefficient (Wildman–Crippen LogP) is 6.42. The molecule has 6 nitrogen and oxygen atoms in total. The molecular formula is C36H44N4O2. The standard InChI is InChI=1S/C36H44N4O2/c41-35-16-7-3-1-2-4-8-19-39-21-15-29(34(24-39)23-36-17-13-25(42-36)10-9-20-40(36)33(34)35)28(22-35)31-32-27(14-18-37-31)26-11-5-6-12-30(26)38-32/h1,3,5-6,11-12,14,18,22,25,29,33,38,41H,2,4,7-10,13,15-17,19-21,23-24H2/b3-1-/t25-,29-,33+,34-,35-,36-/m0/s1. The molecule has 9 rings (SSSR count). The third-order valence-electron chi connectivity index (χ3n) is 12.0. The lowest BCUT2D eigenvalue weighted by molar-refractivity contribution is -0.145. The Morgan fingerprint density at radius 2 is 1.86 bits per heavy atom. The van der Waals surface area contributed by atoms with Crippen LogP contribution in [0.4, 0.5) is 0 Å². The number of allylic oxidation sites excluding steroid dienone is 3. The maximum atomic E-state index is 13.2. The Labute approximate surface area is 248 Å². The van der Waals surface area contributed by atoms with Crippen molar-refractivity contribution in [2.45, 2.75) is 94.1 Å². The van der Waals surface area contributed by atoms with Gasteiger partial charge in [-0.25, -0.2) is 0 Å². The fourth-order valence-corrected chi connectivity index (χ4v) is 10.6. The number of benzene rings is 1. The molecule has 6 heteroatoms. The third-order valence-corrected chi connectivity index (χ3v) is 12.0. The summed E-state index contributed by atoms with van der Waals surface area (Å²) in [6.07, 6.45) is 21.3. The highest BCUT2D eigenvalue weighted by atomic mass is 16.5. The van der Waals surface area contributed by atoms with E-state index < -0.39 is 5.60 Å². The largest absolute Gasteiger partial charge is 0.384 e. The summed E-state index contributed by atoms with van der Waals surface area (Å²) >= 11 is 0. The number of H-pyrrole nitrogens is 1. The van der Waals surface area contributed by atoms with E-state index in [0.717, 1.165) is 101 Å². The molecule has 4 fully saturated rings. The van der Waals surface area contributed by atoms with Gasteiger partial charge in [-0.3, -0.25) is 9.88 Å². The third kappa shape index (κ3) is 3.68. The van der Waals surface area contributed by atoms with E-state index >= 15 is 0 Å². The lowest BCUT2D eigenvalue weighted by Crippen LogP contribution is -2.66. The van der Waals surface area contributed by atoms with Crippen LogP contribution < -0.4 is 0 Å². The number of aromatic nitrogens is 2. The second-order valence-electron chi connectivity index (χ2n) is 14.3. The van der Waals surface area contributed by atoms with Crippen molar-refractivity contribution in [1.82, 2.24) is 19.8 Å². The van der Waals surface area contributed by atoms with Crippen LogP contribution in [0.2, 0.25) is 0 Å². The van der Waals surface area contributed by atoms with Gasteiger partial charge in [0.15, 0.2) is 0 Å². The fraction of sp³-hybridized carbons (Fsp3) is 0.583. The zero-order valence-corrected chi connectivity index (χ0v) is 24.7. The molecule has 1 unspecified atom stereocenters. The Kier molecular flexibility index (Phi) is 5.86. The smallest absolute Gasteiger partial charge is 0.123 e. The number of hydrogen-bond acceptors (Lipinski definition) is 5. The van der Waals surface area contributed by atoms with Crippen molar-refractivity contribution in [1.29, 1.82) is 0 Å². The monoisotopic (exact) mass is 564 g/mol. The Bertz CT molecular complexity index is 1590. The van der Waals surface area contributed by atoms with Crippen LogP contribution >= 0.6 is 0 Å². The molecule has 7 heterocycles. The average Bonchev–Trinajstić information content (AvgIpc) is 3.61. The fourth-order valence-electron chi connectivity index (χ4n) is 10.6. The van der Waals surface area contributed by atoms with E-state index in [1.165, 1.54) is 29.2 Å². The molecule has 0 saturated carbocycles. The molecular weight excluding hydrogens is 520 g/mol. The van der Waals surface area contributed by atoms with Crippen LogP contribution in [0.25, 0.3) is 27.4 Å². The van der Waals surface area contributed by atoms with Gasteiger partial charge < -0.3 is 19.7 Å². The molecule has 5 bridgehead atoms. The normalized spacial score (nSPS) is 40.9. The number of para-hydroxylation sites is 1. The first-order valence-electron chi connectivity index (χ1n) is 16.7. The van der Waals surface area contributed by atoms with Gasteiger partial charge >= 0.3 is 0 Å². The minimum atomic E-state index is -0.946. The van der Waals surface area contributed by atoms with E-state index in [2.05, 4.69) is 63.3 Å². The topological polar surface area (TPSA) is 64.6 Å². The molecule has 42 heavy (non-hydrogen) atoms. The van der Waals surface area contributed by atoms with Crippen molar-refractivity contribution in [2.75, 3.05) is 26.2 Å². The van der Waals surface area contributed by atoms with Crippen LogP contribution in [0.15, 0.2) is 54.8 Å². The molecule has 2 aromatic heterocycles. The quantitative estimate of drug-likeness (QED) is 0.334. The number of hydrogen-bond donors (Lipinski definition) is 2. The summed E-state index contributed by atoms with van der Waals surface area (Å²) in [7, 11) is 0. The SMILES string of the molecule is O[C@]12C=C(c3nccc4c3[nH]c3ccccc34)[C@@H]3CCN(CCCC/C=C\CC1)C[C@@]31C[C@@]34CC[C@H](CCCN3[C@H]12)O4. The lowest BCUT2D eigenvalue weighted by Gasteiger charge is -2.58. The highest BCUT2D eigenvalue weighted by molar-refractivity contribution is 6.09. The minimum Gasteiger partial charge on any atom is -0.384 e. The number of rotatable bonds is 1. The van der Waals surface area contributed by atoms with Gasteiger partial charge in [-0.15, -0.1) is 0 Å². The van der Waals surface area contributed by atoms with Crippen LogP contribution in [-0.4, -0.2) is 74.5 Å². The first-order chi connectivity index (χ1) is 20.6. The van der Waals surface area contributed by atoms with E-state index in [0.29, 0.717) is 12.0 Å². The number of aliphatic hydroxyl groups is 1. The van der Waals surface area contributed by atoms with E-state index in [4.69, 9.17) is 9.72 Å². The molecule has 3 aromatic rings. The summed E-state index contributed by atoms with van der Waals surface area (Å²) in [5.41, 5.74) is 3.32. The number of pyridine rings is 1. The molecule has 7 atom stereocenters. The first-order valence-corrected chi connectivity index (χ1v) is 16.7. The molecule has 220 valence electrons. The summed E-state index contributed by atoms with van der Waals surface area (Å²) in [6.45, 7) is 4.35.